The monoisotopic (exact) mass is 269 g/mol. The molecular formula is C16H15NO3. The van der Waals surface area contributed by atoms with Gasteiger partial charge in [0.15, 0.2) is 0 Å². The fourth-order valence-electron chi connectivity index (χ4n) is 1.88. The summed E-state index contributed by atoms with van der Waals surface area (Å²) in [5.74, 6) is -0.468. The lowest BCUT2D eigenvalue weighted by molar-refractivity contribution is 0.0600. The molecule has 0 aromatic heterocycles. The van der Waals surface area contributed by atoms with Gasteiger partial charge in [-0.25, -0.2) is 4.79 Å². The number of ether oxygens (including phenoxy) is 1. The van der Waals surface area contributed by atoms with Crippen molar-refractivity contribution in [2.45, 2.75) is 0 Å². The van der Waals surface area contributed by atoms with E-state index >= 15 is 0 Å². The zero-order chi connectivity index (χ0) is 14.5. The number of methoxy groups -OCH3 is 1. The lowest BCUT2D eigenvalue weighted by Gasteiger charge is -2.05. The number of carbonyl (C=O) groups excluding carboxylic acids is 2. The van der Waals surface area contributed by atoms with Gasteiger partial charge < -0.3 is 10.1 Å². The third kappa shape index (κ3) is 2.85. The summed E-state index contributed by atoms with van der Waals surface area (Å²) < 4.78 is 4.65. The second kappa shape index (κ2) is 6.02. The fraction of sp³-hybridized carbons (Fsp3) is 0.125. The van der Waals surface area contributed by atoms with E-state index in [1.54, 1.807) is 31.3 Å². The molecule has 0 radical (unpaired) electrons. The van der Waals surface area contributed by atoms with E-state index in [1.165, 1.54) is 7.11 Å². The number of hydrogen-bond acceptors (Lipinski definition) is 3. The minimum Gasteiger partial charge on any atom is -0.465 e. The van der Waals surface area contributed by atoms with Gasteiger partial charge in [0.2, 0.25) is 0 Å². The molecular weight excluding hydrogens is 254 g/mol. The van der Waals surface area contributed by atoms with E-state index in [0.717, 1.165) is 11.1 Å². The Labute approximate surface area is 117 Å². The number of esters is 1. The number of amides is 1. The summed E-state index contributed by atoms with van der Waals surface area (Å²) in [7, 11) is 2.95. The summed E-state index contributed by atoms with van der Waals surface area (Å²) >= 11 is 0. The van der Waals surface area contributed by atoms with E-state index < -0.39 is 0 Å². The topological polar surface area (TPSA) is 55.4 Å². The number of nitrogens with one attached hydrogen (secondary N) is 1. The van der Waals surface area contributed by atoms with Crippen LogP contribution in [0.1, 0.15) is 20.7 Å². The van der Waals surface area contributed by atoms with E-state index in [1.807, 2.05) is 24.3 Å². The van der Waals surface area contributed by atoms with Crippen LogP contribution in [-0.2, 0) is 4.74 Å². The molecule has 0 aliphatic heterocycles. The molecule has 2 rings (SSSR count). The fourth-order valence-corrected chi connectivity index (χ4v) is 1.88. The number of rotatable bonds is 3. The predicted molar refractivity (Wildman–Crippen MR) is 76.6 cm³/mol. The molecule has 0 aliphatic rings. The predicted octanol–water partition coefficient (Wildman–Crippen LogP) is 2.50. The van der Waals surface area contributed by atoms with Crippen LogP contribution in [0.15, 0.2) is 48.5 Å². The Morgan fingerprint density at radius 3 is 1.70 bits per heavy atom. The molecule has 0 bridgehead atoms. The van der Waals surface area contributed by atoms with Crippen molar-refractivity contribution in [1.29, 1.82) is 0 Å². The minimum atomic E-state index is -0.355. The van der Waals surface area contributed by atoms with Crippen LogP contribution < -0.4 is 5.32 Å². The number of carbonyl (C=O) groups is 2. The summed E-state index contributed by atoms with van der Waals surface area (Å²) in [6.45, 7) is 0. The van der Waals surface area contributed by atoms with Crippen molar-refractivity contribution in [3.05, 3.63) is 59.7 Å². The second-order valence-electron chi connectivity index (χ2n) is 4.23. The van der Waals surface area contributed by atoms with Crippen LogP contribution in [-0.4, -0.2) is 26.0 Å². The smallest absolute Gasteiger partial charge is 0.337 e. The molecule has 4 heteroatoms. The zero-order valence-corrected chi connectivity index (χ0v) is 11.3. The maximum atomic E-state index is 11.5. The highest BCUT2D eigenvalue weighted by Gasteiger charge is 2.06. The summed E-state index contributed by atoms with van der Waals surface area (Å²) in [5, 5.41) is 2.58. The Bertz CT molecular complexity index is 558. The van der Waals surface area contributed by atoms with Crippen molar-refractivity contribution in [3.8, 4) is 11.1 Å². The van der Waals surface area contributed by atoms with Gasteiger partial charge in [-0.15, -0.1) is 0 Å². The molecule has 0 saturated carbocycles. The maximum absolute atomic E-state index is 11.5. The molecule has 0 saturated heterocycles. The van der Waals surface area contributed by atoms with E-state index in [-0.39, 0.29) is 11.9 Å². The SMILES string of the molecule is CNC(=O)c1ccc(-c2ccc(C(=O)OC)cc2)cc1. The maximum Gasteiger partial charge on any atom is 0.337 e. The first kappa shape index (κ1) is 13.8. The van der Waals surface area contributed by atoms with Crippen molar-refractivity contribution in [1.82, 2.24) is 5.32 Å². The van der Waals surface area contributed by atoms with Crippen molar-refractivity contribution >= 4 is 11.9 Å². The molecule has 0 fully saturated rings. The molecule has 4 nitrogen and oxygen atoms in total. The molecule has 2 aromatic rings. The van der Waals surface area contributed by atoms with Crippen molar-refractivity contribution in [3.63, 3.8) is 0 Å². The van der Waals surface area contributed by atoms with Gasteiger partial charge in [0.25, 0.3) is 5.91 Å². The lowest BCUT2D eigenvalue weighted by atomic mass is 10.0. The van der Waals surface area contributed by atoms with Gasteiger partial charge >= 0.3 is 5.97 Å². The number of benzene rings is 2. The molecule has 0 unspecified atom stereocenters. The first-order valence-electron chi connectivity index (χ1n) is 6.16. The van der Waals surface area contributed by atoms with E-state index in [4.69, 9.17) is 0 Å². The highest BCUT2D eigenvalue weighted by atomic mass is 16.5. The van der Waals surface area contributed by atoms with Crippen LogP contribution in [0.3, 0.4) is 0 Å². The standard InChI is InChI=1S/C16H15NO3/c1-17-15(18)13-7-3-11(4-8-13)12-5-9-14(10-6-12)16(19)20-2/h3-10H,1-2H3,(H,17,18). The Hall–Kier alpha value is -2.62. The minimum absolute atomic E-state index is 0.113. The van der Waals surface area contributed by atoms with Gasteiger partial charge in [-0.3, -0.25) is 4.79 Å². The average Bonchev–Trinajstić information content (AvgIpc) is 2.53. The molecule has 1 amide bonds. The third-order valence-corrected chi connectivity index (χ3v) is 3.01. The highest BCUT2D eigenvalue weighted by Crippen LogP contribution is 2.20. The van der Waals surface area contributed by atoms with Crippen molar-refractivity contribution < 1.29 is 14.3 Å². The molecule has 0 aliphatic carbocycles. The molecule has 20 heavy (non-hydrogen) atoms. The van der Waals surface area contributed by atoms with E-state index in [0.29, 0.717) is 11.1 Å². The van der Waals surface area contributed by atoms with Crippen LogP contribution in [0.4, 0.5) is 0 Å². The number of hydrogen-bond donors (Lipinski definition) is 1. The van der Waals surface area contributed by atoms with Crippen molar-refractivity contribution in [2.75, 3.05) is 14.2 Å². The Kier molecular flexibility index (Phi) is 4.15. The normalized spacial score (nSPS) is 9.90. The Morgan fingerprint density at radius 2 is 1.30 bits per heavy atom. The zero-order valence-electron chi connectivity index (χ0n) is 11.3. The summed E-state index contributed by atoms with van der Waals surface area (Å²) in [4.78, 5) is 22.8. The summed E-state index contributed by atoms with van der Waals surface area (Å²) in [6.07, 6.45) is 0. The van der Waals surface area contributed by atoms with Gasteiger partial charge in [0, 0.05) is 12.6 Å². The van der Waals surface area contributed by atoms with E-state index in [9.17, 15) is 9.59 Å². The van der Waals surface area contributed by atoms with Crippen LogP contribution in [0.5, 0.6) is 0 Å². The van der Waals surface area contributed by atoms with Gasteiger partial charge in [-0.05, 0) is 35.4 Å². The average molecular weight is 269 g/mol. The molecule has 102 valence electrons. The van der Waals surface area contributed by atoms with Crippen LogP contribution in [0, 0.1) is 0 Å². The summed E-state index contributed by atoms with van der Waals surface area (Å²) in [6, 6.07) is 14.4. The molecule has 2 aromatic carbocycles. The van der Waals surface area contributed by atoms with Crippen molar-refractivity contribution in [2.24, 2.45) is 0 Å². The lowest BCUT2D eigenvalue weighted by Crippen LogP contribution is -2.17. The first-order chi connectivity index (χ1) is 9.65. The van der Waals surface area contributed by atoms with Crippen LogP contribution in [0.2, 0.25) is 0 Å². The van der Waals surface area contributed by atoms with Gasteiger partial charge in [-0.1, -0.05) is 24.3 Å². The quantitative estimate of drug-likeness (QED) is 0.871. The molecule has 0 heterocycles. The van der Waals surface area contributed by atoms with Crippen LogP contribution in [0.25, 0.3) is 11.1 Å². The Balaban J connectivity index is 2.23. The first-order valence-corrected chi connectivity index (χ1v) is 6.16. The van der Waals surface area contributed by atoms with Crippen LogP contribution >= 0.6 is 0 Å². The second-order valence-corrected chi connectivity index (χ2v) is 4.23. The van der Waals surface area contributed by atoms with E-state index in [2.05, 4.69) is 10.1 Å². The highest BCUT2D eigenvalue weighted by molar-refractivity contribution is 5.94. The Morgan fingerprint density at radius 1 is 0.850 bits per heavy atom. The largest absolute Gasteiger partial charge is 0.465 e. The van der Waals surface area contributed by atoms with Gasteiger partial charge in [0.05, 0.1) is 12.7 Å². The van der Waals surface area contributed by atoms with Gasteiger partial charge in [0.1, 0.15) is 0 Å². The molecule has 0 spiro atoms. The summed E-state index contributed by atoms with van der Waals surface area (Å²) in [5.41, 5.74) is 3.08. The third-order valence-electron chi connectivity index (χ3n) is 3.01. The molecule has 0 atom stereocenters. The van der Waals surface area contributed by atoms with Gasteiger partial charge in [-0.2, -0.15) is 0 Å². The molecule has 1 N–H and O–H groups in total.